The second-order valence-corrected chi connectivity index (χ2v) is 4.62. The van der Waals surface area contributed by atoms with Gasteiger partial charge in [-0.05, 0) is 32.9 Å². The first-order valence-corrected chi connectivity index (χ1v) is 5.46. The zero-order chi connectivity index (χ0) is 9.26. The monoisotopic (exact) mass is 183 g/mol. The van der Waals surface area contributed by atoms with E-state index in [0.29, 0.717) is 18.1 Å². The summed E-state index contributed by atoms with van der Waals surface area (Å²) in [5.74, 6) is 0. The normalized spacial score (nSPS) is 41.5. The van der Waals surface area contributed by atoms with E-state index in [0.717, 1.165) is 0 Å². The van der Waals surface area contributed by atoms with Gasteiger partial charge >= 0.3 is 0 Å². The number of rotatable bonds is 2. The standard InChI is InChI=1S/C10H21N3/c1-13-6-5-8(7-13)12-10-4-2-3-9(10)11/h8-10,12H,2-7,11H2,1H3. The van der Waals surface area contributed by atoms with Gasteiger partial charge in [0.1, 0.15) is 0 Å². The predicted molar refractivity (Wildman–Crippen MR) is 54.7 cm³/mol. The molecule has 2 fully saturated rings. The van der Waals surface area contributed by atoms with Gasteiger partial charge in [0, 0.05) is 24.7 Å². The highest BCUT2D eigenvalue weighted by atomic mass is 15.2. The average Bonchev–Trinajstić information content (AvgIpc) is 2.64. The molecule has 1 saturated carbocycles. The van der Waals surface area contributed by atoms with E-state index in [-0.39, 0.29) is 0 Å². The van der Waals surface area contributed by atoms with Gasteiger partial charge in [0.25, 0.3) is 0 Å². The summed E-state index contributed by atoms with van der Waals surface area (Å²) < 4.78 is 0. The number of nitrogens with one attached hydrogen (secondary N) is 1. The fourth-order valence-corrected chi connectivity index (χ4v) is 2.57. The molecule has 2 rings (SSSR count). The van der Waals surface area contributed by atoms with E-state index >= 15 is 0 Å². The largest absolute Gasteiger partial charge is 0.326 e. The van der Waals surface area contributed by atoms with Gasteiger partial charge in [0.2, 0.25) is 0 Å². The van der Waals surface area contributed by atoms with Crippen LogP contribution < -0.4 is 11.1 Å². The Morgan fingerprint density at radius 2 is 2.15 bits per heavy atom. The smallest absolute Gasteiger partial charge is 0.0222 e. The van der Waals surface area contributed by atoms with Gasteiger partial charge in [-0.1, -0.05) is 6.42 Å². The van der Waals surface area contributed by atoms with Gasteiger partial charge in [0.05, 0.1) is 0 Å². The van der Waals surface area contributed by atoms with Crippen LogP contribution in [0.5, 0.6) is 0 Å². The number of nitrogens with zero attached hydrogens (tertiary/aromatic N) is 1. The minimum absolute atomic E-state index is 0.408. The highest BCUT2D eigenvalue weighted by Gasteiger charge is 2.28. The fraction of sp³-hybridized carbons (Fsp3) is 1.00. The average molecular weight is 183 g/mol. The first-order chi connectivity index (χ1) is 6.25. The molecule has 0 aromatic rings. The highest BCUT2D eigenvalue weighted by Crippen LogP contribution is 2.19. The lowest BCUT2D eigenvalue weighted by Crippen LogP contribution is -2.46. The summed E-state index contributed by atoms with van der Waals surface area (Å²) >= 11 is 0. The third kappa shape index (κ3) is 2.22. The molecule has 3 nitrogen and oxygen atoms in total. The summed E-state index contributed by atoms with van der Waals surface area (Å²) in [5, 5.41) is 3.69. The number of likely N-dealkylation sites (tertiary alicyclic amines) is 1. The minimum Gasteiger partial charge on any atom is -0.326 e. The van der Waals surface area contributed by atoms with E-state index in [1.165, 1.54) is 38.8 Å². The van der Waals surface area contributed by atoms with E-state index in [9.17, 15) is 0 Å². The van der Waals surface area contributed by atoms with Gasteiger partial charge in [-0.2, -0.15) is 0 Å². The molecule has 0 amide bonds. The fourth-order valence-electron chi connectivity index (χ4n) is 2.57. The van der Waals surface area contributed by atoms with Crippen LogP contribution in [0.2, 0.25) is 0 Å². The van der Waals surface area contributed by atoms with Crippen LogP contribution in [0.3, 0.4) is 0 Å². The molecule has 0 spiro atoms. The molecule has 3 heteroatoms. The molecule has 0 aromatic carbocycles. The van der Waals surface area contributed by atoms with Gasteiger partial charge in [-0.25, -0.2) is 0 Å². The van der Waals surface area contributed by atoms with Crippen molar-refractivity contribution in [2.75, 3.05) is 20.1 Å². The molecule has 3 N–H and O–H groups in total. The van der Waals surface area contributed by atoms with Crippen LogP contribution in [0, 0.1) is 0 Å². The van der Waals surface area contributed by atoms with Crippen molar-refractivity contribution in [1.29, 1.82) is 0 Å². The van der Waals surface area contributed by atoms with Crippen molar-refractivity contribution in [2.24, 2.45) is 5.73 Å². The van der Waals surface area contributed by atoms with Crippen LogP contribution in [-0.2, 0) is 0 Å². The van der Waals surface area contributed by atoms with E-state index in [1.54, 1.807) is 0 Å². The van der Waals surface area contributed by atoms with E-state index in [2.05, 4.69) is 17.3 Å². The minimum atomic E-state index is 0.408. The SMILES string of the molecule is CN1CCC(NC2CCCC2N)C1. The quantitative estimate of drug-likeness (QED) is 0.641. The molecule has 0 bridgehead atoms. The summed E-state index contributed by atoms with van der Waals surface area (Å²) in [5.41, 5.74) is 6.02. The zero-order valence-electron chi connectivity index (χ0n) is 8.50. The molecule has 0 aromatic heterocycles. The molecular weight excluding hydrogens is 162 g/mol. The molecular formula is C10H21N3. The Kier molecular flexibility index (Phi) is 2.86. The second-order valence-electron chi connectivity index (χ2n) is 4.62. The zero-order valence-corrected chi connectivity index (χ0v) is 8.50. The third-order valence-corrected chi connectivity index (χ3v) is 3.41. The maximum atomic E-state index is 6.02. The van der Waals surface area contributed by atoms with Gasteiger partial charge in [-0.15, -0.1) is 0 Å². The molecule has 3 unspecified atom stereocenters. The molecule has 3 atom stereocenters. The van der Waals surface area contributed by atoms with Gasteiger partial charge in [0.15, 0.2) is 0 Å². The lowest BCUT2D eigenvalue weighted by atomic mass is 10.1. The molecule has 0 radical (unpaired) electrons. The number of hydrogen-bond acceptors (Lipinski definition) is 3. The second kappa shape index (κ2) is 3.95. The number of nitrogens with two attached hydrogens (primary N) is 1. The van der Waals surface area contributed by atoms with Crippen LogP contribution in [0.4, 0.5) is 0 Å². The number of likely N-dealkylation sites (N-methyl/N-ethyl adjacent to an activating group) is 1. The Labute approximate surface area is 80.7 Å². The molecule has 1 aliphatic heterocycles. The van der Waals surface area contributed by atoms with Crippen LogP contribution in [0.25, 0.3) is 0 Å². The Hall–Kier alpha value is -0.120. The summed E-state index contributed by atoms with van der Waals surface area (Å²) in [6, 6.07) is 1.70. The van der Waals surface area contributed by atoms with Crippen molar-refractivity contribution in [3.8, 4) is 0 Å². The van der Waals surface area contributed by atoms with Crippen molar-refractivity contribution >= 4 is 0 Å². The summed E-state index contributed by atoms with van der Waals surface area (Å²) in [6.07, 6.45) is 5.09. The Morgan fingerprint density at radius 3 is 2.69 bits per heavy atom. The molecule has 1 heterocycles. The lowest BCUT2D eigenvalue weighted by Gasteiger charge is -2.22. The predicted octanol–water partition coefficient (Wildman–Crippen LogP) is 0.160. The van der Waals surface area contributed by atoms with Crippen LogP contribution >= 0.6 is 0 Å². The summed E-state index contributed by atoms with van der Waals surface area (Å²) in [6.45, 7) is 2.43. The molecule has 13 heavy (non-hydrogen) atoms. The van der Waals surface area contributed by atoms with Crippen molar-refractivity contribution in [3.05, 3.63) is 0 Å². The Balaban J connectivity index is 1.77. The Morgan fingerprint density at radius 1 is 1.31 bits per heavy atom. The highest BCUT2D eigenvalue weighted by molar-refractivity contribution is 4.90. The maximum Gasteiger partial charge on any atom is 0.0222 e. The van der Waals surface area contributed by atoms with Gasteiger partial charge < -0.3 is 16.0 Å². The summed E-state index contributed by atoms with van der Waals surface area (Å²) in [4.78, 5) is 2.39. The maximum absolute atomic E-state index is 6.02. The Bertz CT molecular complexity index is 172. The van der Waals surface area contributed by atoms with Crippen LogP contribution in [0.1, 0.15) is 25.7 Å². The first-order valence-electron chi connectivity index (χ1n) is 5.46. The van der Waals surface area contributed by atoms with Crippen molar-refractivity contribution in [3.63, 3.8) is 0 Å². The molecule has 76 valence electrons. The third-order valence-electron chi connectivity index (χ3n) is 3.41. The van der Waals surface area contributed by atoms with E-state index < -0.39 is 0 Å². The van der Waals surface area contributed by atoms with Crippen molar-refractivity contribution < 1.29 is 0 Å². The lowest BCUT2D eigenvalue weighted by molar-refractivity contribution is 0.371. The molecule has 1 saturated heterocycles. The topological polar surface area (TPSA) is 41.3 Å². The molecule has 2 aliphatic rings. The van der Waals surface area contributed by atoms with E-state index in [4.69, 9.17) is 5.73 Å². The summed E-state index contributed by atoms with van der Waals surface area (Å²) in [7, 11) is 2.19. The van der Waals surface area contributed by atoms with Gasteiger partial charge in [-0.3, -0.25) is 0 Å². The van der Waals surface area contributed by atoms with Crippen LogP contribution in [0.15, 0.2) is 0 Å². The molecule has 1 aliphatic carbocycles. The van der Waals surface area contributed by atoms with E-state index in [1.807, 2.05) is 0 Å². The number of hydrogen-bond donors (Lipinski definition) is 2. The van der Waals surface area contributed by atoms with Crippen LogP contribution in [-0.4, -0.2) is 43.2 Å². The van der Waals surface area contributed by atoms with Crippen molar-refractivity contribution in [1.82, 2.24) is 10.2 Å². The van der Waals surface area contributed by atoms with Crippen molar-refractivity contribution in [2.45, 2.75) is 43.8 Å². The first kappa shape index (κ1) is 9.44.